The molecular formula is C43H64N6O10. The minimum absolute atomic E-state index is 0.0540. The van der Waals surface area contributed by atoms with Crippen molar-refractivity contribution in [2.75, 3.05) is 20.7 Å². The van der Waals surface area contributed by atoms with Gasteiger partial charge in [0, 0.05) is 48.7 Å². The van der Waals surface area contributed by atoms with Crippen LogP contribution in [-0.2, 0) is 44.8 Å². The Labute approximate surface area is 347 Å². The number of hydrogen-bond acceptors (Lipinski definition) is 14. The fraction of sp³-hybridized carbons (Fsp3) is 0.698. The molecule has 0 unspecified atom stereocenters. The number of likely N-dealkylation sites (N-methyl/N-ethyl adjacent to an activating group) is 1. The number of aliphatic imine (C=N–C) groups is 1. The topological polar surface area (TPSA) is 196 Å². The average Bonchev–Trinajstić information content (AvgIpc) is 3.73. The van der Waals surface area contributed by atoms with E-state index in [9.17, 15) is 24.6 Å². The normalized spacial score (nSPS) is 36.8. The monoisotopic (exact) mass is 824 g/mol. The highest BCUT2D eigenvalue weighted by Gasteiger charge is 2.51. The van der Waals surface area contributed by atoms with Gasteiger partial charge in [-0.1, -0.05) is 32.0 Å². The highest BCUT2D eigenvalue weighted by atomic mass is 16.7. The van der Waals surface area contributed by atoms with Crippen molar-refractivity contribution in [3.63, 3.8) is 0 Å². The molecule has 0 spiro atoms. The van der Waals surface area contributed by atoms with Crippen molar-refractivity contribution in [3.05, 3.63) is 42.4 Å². The minimum Gasteiger partial charge on any atom is -0.459 e. The number of hydrogen-bond donors (Lipinski definition) is 2. The molecule has 0 aliphatic carbocycles. The van der Waals surface area contributed by atoms with Crippen molar-refractivity contribution in [2.24, 2.45) is 33.8 Å². The first-order valence-electron chi connectivity index (χ1n) is 20.8. The van der Waals surface area contributed by atoms with Crippen LogP contribution in [-0.4, -0.2) is 128 Å². The minimum atomic E-state index is -1.61. The summed E-state index contributed by atoms with van der Waals surface area (Å²) in [6, 6.07) is 5.21. The van der Waals surface area contributed by atoms with E-state index in [1.807, 2.05) is 58.0 Å². The molecule has 59 heavy (non-hydrogen) atoms. The molecule has 0 saturated carbocycles. The number of rotatable bonds is 8. The van der Waals surface area contributed by atoms with Crippen LogP contribution in [0.25, 0.3) is 5.82 Å². The number of esters is 1. The van der Waals surface area contributed by atoms with Gasteiger partial charge in [0.05, 0.1) is 30.1 Å². The molecule has 16 heteroatoms. The van der Waals surface area contributed by atoms with Crippen molar-refractivity contribution in [1.82, 2.24) is 19.7 Å². The lowest BCUT2D eigenvalue weighted by Crippen LogP contribution is -2.59. The van der Waals surface area contributed by atoms with Gasteiger partial charge in [-0.2, -0.15) is 5.10 Å². The fourth-order valence-electron chi connectivity index (χ4n) is 8.74. The molecule has 12 atom stereocenters. The molecule has 0 radical (unpaired) electrons. The van der Waals surface area contributed by atoms with E-state index in [1.165, 1.54) is 13.8 Å². The van der Waals surface area contributed by atoms with Gasteiger partial charge in [0.2, 0.25) is 5.91 Å². The molecule has 2 aromatic rings. The second kappa shape index (κ2) is 19.6. The smallest absolute Gasteiger partial charge is 0.316 e. The van der Waals surface area contributed by atoms with Crippen LogP contribution >= 0.6 is 0 Å². The van der Waals surface area contributed by atoms with E-state index in [0.717, 1.165) is 5.56 Å². The molecule has 3 fully saturated rings. The Kier molecular flexibility index (Phi) is 15.4. The molecular weight excluding hydrogens is 761 g/mol. The van der Waals surface area contributed by atoms with Crippen molar-refractivity contribution in [1.29, 1.82) is 0 Å². The summed E-state index contributed by atoms with van der Waals surface area (Å²) in [6.45, 7) is 13.7. The molecule has 2 N–H and O–H groups in total. The van der Waals surface area contributed by atoms with Crippen LogP contribution in [0.1, 0.15) is 99.5 Å². The zero-order valence-corrected chi connectivity index (χ0v) is 36.2. The third kappa shape index (κ3) is 11.1. The summed E-state index contributed by atoms with van der Waals surface area (Å²) in [5.41, 5.74) is -1.13. The summed E-state index contributed by atoms with van der Waals surface area (Å²) in [5.74, 6) is -4.21. The molecule has 3 aliphatic heterocycles. The van der Waals surface area contributed by atoms with Crippen LogP contribution in [0.3, 0.4) is 0 Å². The van der Waals surface area contributed by atoms with Crippen LogP contribution < -0.4 is 0 Å². The number of amides is 1. The largest absolute Gasteiger partial charge is 0.459 e. The number of cyclic esters (lactones) is 1. The van der Waals surface area contributed by atoms with Gasteiger partial charge >= 0.3 is 5.97 Å². The Bertz CT molecular complexity index is 1800. The van der Waals surface area contributed by atoms with Crippen LogP contribution in [0.5, 0.6) is 0 Å². The summed E-state index contributed by atoms with van der Waals surface area (Å²) in [6.07, 6.45) is 2.39. The Morgan fingerprint density at radius 2 is 1.90 bits per heavy atom. The average molecular weight is 825 g/mol. The number of aliphatic hydroxyl groups excluding tert-OH is 1. The number of nitrogens with zero attached hydrogens (tertiary/aromatic N) is 6. The van der Waals surface area contributed by atoms with Crippen molar-refractivity contribution in [2.45, 2.75) is 148 Å². The molecule has 3 saturated heterocycles. The van der Waals surface area contributed by atoms with Gasteiger partial charge in [-0.25, -0.2) is 14.7 Å². The van der Waals surface area contributed by atoms with Gasteiger partial charge in [-0.15, -0.1) is 0 Å². The van der Waals surface area contributed by atoms with Gasteiger partial charge in [-0.05, 0) is 104 Å². The predicted octanol–water partition coefficient (Wildman–Crippen LogP) is 4.47. The fourth-order valence-corrected chi connectivity index (χ4v) is 8.74. The zero-order valence-electron chi connectivity index (χ0n) is 36.2. The Morgan fingerprint density at radius 3 is 2.53 bits per heavy atom. The lowest BCUT2D eigenvalue weighted by molar-refractivity contribution is -0.296. The van der Waals surface area contributed by atoms with Gasteiger partial charge in [0.1, 0.15) is 30.3 Å². The number of ketones is 1. The maximum Gasteiger partial charge on any atom is 0.316 e. The number of ether oxygens (including phenoxy) is 4. The summed E-state index contributed by atoms with van der Waals surface area (Å²) in [5, 5.41) is 32.8. The molecule has 2 bridgehead atoms. The maximum atomic E-state index is 14.5. The molecule has 0 aromatic carbocycles. The molecule has 2 aromatic heterocycles. The Balaban J connectivity index is 1.60. The first kappa shape index (κ1) is 46.1. The number of pyridine rings is 1. The molecule has 1 amide bonds. The van der Waals surface area contributed by atoms with Crippen LogP contribution in [0.15, 0.2) is 46.9 Å². The van der Waals surface area contributed by atoms with Crippen molar-refractivity contribution < 1.29 is 48.4 Å². The van der Waals surface area contributed by atoms with Crippen molar-refractivity contribution in [3.8, 4) is 5.82 Å². The van der Waals surface area contributed by atoms with Gasteiger partial charge in [-0.3, -0.25) is 14.4 Å². The van der Waals surface area contributed by atoms with E-state index in [0.29, 0.717) is 36.5 Å². The quantitative estimate of drug-likeness (QED) is 0.215. The summed E-state index contributed by atoms with van der Waals surface area (Å²) < 4.78 is 27.6. The standard InChI is InChI=1S/C43H64N6O10/c1-11-35-43(8,54)31-14-15-32(47-56-23-30-13-16-36(44-22-30)49-18-12-17-45-49)24-55-42(7,21-25(2)33(20-31)46-29(6)50)39(27(4)37(51)28(5)40(53)58-35)59-41-38(52)34(48(9)10)19-26(3)57-41/h12-13,16-18,22,25-28,31,34-35,38-39,41,52,54H,11,14-15,19-21,23-24H2,1-10H3/b46-33-,47-32+/t25-,26-,27+,28-,31-,34+,35-,38-,39-,41+,42-,43+/m1/s1. The van der Waals surface area contributed by atoms with Gasteiger partial charge in [0.25, 0.3) is 0 Å². The number of carbonyl (C=O) groups excluding carboxylic acids is 3. The third-order valence-electron chi connectivity index (χ3n) is 12.3. The van der Waals surface area contributed by atoms with Crippen LogP contribution in [0.4, 0.5) is 0 Å². The van der Waals surface area contributed by atoms with E-state index < -0.39 is 77.1 Å². The summed E-state index contributed by atoms with van der Waals surface area (Å²) >= 11 is 0. The first-order chi connectivity index (χ1) is 27.8. The Hall–Kier alpha value is -3.93. The molecule has 326 valence electrons. The van der Waals surface area contributed by atoms with E-state index in [4.69, 9.17) is 23.8 Å². The van der Waals surface area contributed by atoms with E-state index in [1.54, 1.807) is 44.0 Å². The molecule has 16 nitrogen and oxygen atoms in total. The number of fused-ring (bicyclic) bond motifs is 5. The highest BCUT2D eigenvalue weighted by molar-refractivity contribution is 6.00. The first-order valence-corrected chi connectivity index (χ1v) is 20.8. The lowest BCUT2D eigenvalue weighted by Gasteiger charge is -2.47. The van der Waals surface area contributed by atoms with Crippen LogP contribution in [0, 0.1) is 23.7 Å². The SMILES string of the molecule is CC[C@H]1OC(=O)[C@H](C)C(=O)[C@H](C)[C@@H](O[C@@H]2O[C@H](C)C[C@H](N(C)C)[C@H]2O)[C@@]2(C)C[C@@H](C)/C(=N\C(C)=O)C[C@@H](CC/C(=N\OCc3ccc(-n4cccn4)nc3)CO2)[C@]1(C)O. The number of aliphatic hydroxyl groups is 2. The summed E-state index contributed by atoms with van der Waals surface area (Å²) in [7, 11) is 3.75. The highest BCUT2D eigenvalue weighted by Crippen LogP contribution is 2.40. The Morgan fingerprint density at radius 1 is 1.15 bits per heavy atom. The lowest BCUT2D eigenvalue weighted by atomic mass is 9.73. The predicted molar refractivity (Wildman–Crippen MR) is 219 cm³/mol. The van der Waals surface area contributed by atoms with Gasteiger partial charge < -0.3 is 38.9 Å². The second-order valence-electron chi connectivity index (χ2n) is 17.3. The number of oxime groups is 1. The van der Waals surface area contributed by atoms with Crippen LogP contribution in [0.2, 0.25) is 0 Å². The summed E-state index contributed by atoms with van der Waals surface area (Å²) in [4.78, 5) is 57.9. The van der Waals surface area contributed by atoms with E-state index in [2.05, 4.69) is 20.2 Å². The second-order valence-corrected chi connectivity index (χ2v) is 17.3. The third-order valence-corrected chi connectivity index (χ3v) is 12.3. The van der Waals surface area contributed by atoms with Gasteiger partial charge in [0.15, 0.2) is 17.9 Å². The zero-order chi connectivity index (χ0) is 43.2. The number of aromatic nitrogens is 3. The number of carbonyl (C=O) groups is 3. The van der Waals surface area contributed by atoms with E-state index >= 15 is 0 Å². The molecule has 5 rings (SSSR count). The molecule has 5 heterocycles. The molecule has 3 aliphatic rings. The number of Topliss-reactive ketones (excluding diaryl/α,β-unsaturated/α-hetero) is 1. The maximum absolute atomic E-state index is 14.5. The van der Waals surface area contributed by atoms with E-state index in [-0.39, 0.29) is 44.6 Å². The van der Waals surface area contributed by atoms with Crippen molar-refractivity contribution >= 4 is 29.1 Å².